The Morgan fingerprint density at radius 1 is 1.27 bits per heavy atom. The first-order valence-corrected chi connectivity index (χ1v) is 7.75. The van der Waals surface area contributed by atoms with Crippen LogP contribution in [0.5, 0.6) is 5.88 Å². The van der Waals surface area contributed by atoms with E-state index in [0.717, 1.165) is 6.42 Å². The highest BCUT2D eigenvalue weighted by Crippen LogP contribution is 2.32. The Bertz CT molecular complexity index is 647. The van der Waals surface area contributed by atoms with Crippen molar-refractivity contribution in [2.45, 2.75) is 44.2 Å². The third kappa shape index (κ3) is 2.68. The van der Waals surface area contributed by atoms with Crippen LogP contribution in [0, 0.1) is 5.92 Å². The van der Waals surface area contributed by atoms with Gasteiger partial charge >= 0.3 is 0 Å². The summed E-state index contributed by atoms with van der Waals surface area (Å²) < 4.78 is 10.5. The van der Waals surface area contributed by atoms with Gasteiger partial charge in [0.15, 0.2) is 0 Å². The number of hydrogen-bond donors (Lipinski definition) is 1. The van der Waals surface area contributed by atoms with Crippen LogP contribution in [-0.2, 0) is 6.42 Å². The summed E-state index contributed by atoms with van der Waals surface area (Å²) in [4.78, 5) is 12.6. The van der Waals surface area contributed by atoms with Crippen molar-refractivity contribution < 1.29 is 9.26 Å². The molecule has 7 heteroatoms. The van der Waals surface area contributed by atoms with Crippen molar-refractivity contribution in [3.05, 3.63) is 18.3 Å². The molecule has 2 aromatic heterocycles. The first-order chi connectivity index (χ1) is 10.8. The van der Waals surface area contributed by atoms with E-state index in [4.69, 9.17) is 9.26 Å². The maximum Gasteiger partial charge on any atom is 0.227 e. The minimum atomic E-state index is 0.492. The lowest BCUT2D eigenvalue weighted by Gasteiger charge is -2.27. The Balaban J connectivity index is 1.47. The molecule has 2 unspecified atom stereocenters. The van der Waals surface area contributed by atoms with Crippen LogP contribution >= 0.6 is 0 Å². The normalized spacial score (nSPS) is 27.0. The van der Waals surface area contributed by atoms with Crippen molar-refractivity contribution in [1.29, 1.82) is 0 Å². The highest BCUT2D eigenvalue weighted by atomic mass is 16.5. The topological polar surface area (TPSA) is 86.0 Å². The Kier molecular flexibility index (Phi) is 3.49. The minimum Gasteiger partial charge on any atom is -0.481 e. The summed E-state index contributed by atoms with van der Waals surface area (Å²) in [6, 6.07) is 3.06. The molecule has 4 heterocycles. The number of ether oxygens (including phenoxy) is 1. The van der Waals surface area contributed by atoms with E-state index in [2.05, 4.69) is 25.4 Å². The van der Waals surface area contributed by atoms with E-state index in [9.17, 15) is 0 Å². The fraction of sp³-hybridized carbons (Fsp3) is 0.600. The zero-order chi connectivity index (χ0) is 14.9. The summed E-state index contributed by atoms with van der Waals surface area (Å²) in [5.41, 5.74) is 0.618. The molecule has 7 nitrogen and oxygen atoms in total. The predicted molar refractivity (Wildman–Crippen MR) is 78.2 cm³/mol. The van der Waals surface area contributed by atoms with E-state index < -0.39 is 0 Å². The molecule has 0 saturated carbocycles. The molecule has 2 aromatic rings. The van der Waals surface area contributed by atoms with Gasteiger partial charge in [-0.3, -0.25) is 0 Å². The summed E-state index contributed by atoms with van der Waals surface area (Å²) in [6.07, 6.45) is 7.30. The molecule has 1 N–H and O–H groups in total. The van der Waals surface area contributed by atoms with Gasteiger partial charge < -0.3 is 14.6 Å². The lowest BCUT2D eigenvalue weighted by Crippen LogP contribution is -2.38. The number of piperidine rings is 1. The second kappa shape index (κ2) is 5.64. The average Bonchev–Trinajstić information content (AvgIpc) is 3.14. The van der Waals surface area contributed by atoms with Gasteiger partial charge in [0.25, 0.3) is 0 Å². The van der Waals surface area contributed by atoms with Crippen LogP contribution in [0.4, 0.5) is 0 Å². The second-order valence-electron chi connectivity index (χ2n) is 6.14. The van der Waals surface area contributed by atoms with Gasteiger partial charge in [-0.1, -0.05) is 5.16 Å². The number of hydrogen-bond acceptors (Lipinski definition) is 7. The smallest absolute Gasteiger partial charge is 0.227 e. The zero-order valence-electron chi connectivity index (χ0n) is 12.5. The van der Waals surface area contributed by atoms with E-state index in [1.165, 1.54) is 32.0 Å². The molecule has 4 rings (SSSR count). The van der Waals surface area contributed by atoms with Crippen molar-refractivity contribution >= 4 is 0 Å². The molecule has 0 aliphatic carbocycles. The van der Waals surface area contributed by atoms with Crippen LogP contribution in [0.3, 0.4) is 0 Å². The summed E-state index contributed by atoms with van der Waals surface area (Å²) in [5.74, 6) is 2.31. The molecule has 0 spiro atoms. The van der Waals surface area contributed by atoms with E-state index in [0.29, 0.717) is 41.3 Å². The highest BCUT2D eigenvalue weighted by molar-refractivity contribution is 5.49. The van der Waals surface area contributed by atoms with Crippen LogP contribution in [-0.4, -0.2) is 39.3 Å². The molecular weight excluding hydrogens is 282 g/mol. The van der Waals surface area contributed by atoms with Gasteiger partial charge in [0, 0.05) is 24.6 Å². The van der Waals surface area contributed by atoms with Crippen molar-refractivity contribution in [3.63, 3.8) is 0 Å². The molecule has 0 radical (unpaired) electrons. The van der Waals surface area contributed by atoms with Gasteiger partial charge in [-0.15, -0.1) is 0 Å². The van der Waals surface area contributed by atoms with Gasteiger partial charge in [-0.25, -0.2) is 9.97 Å². The fourth-order valence-electron chi connectivity index (χ4n) is 3.60. The molecule has 2 bridgehead atoms. The first-order valence-electron chi connectivity index (χ1n) is 7.75. The van der Waals surface area contributed by atoms with E-state index in [1.807, 2.05) is 0 Å². The fourth-order valence-corrected chi connectivity index (χ4v) is 3.60. The Labute approximate surface area is 128 Å². The maximum absolute atomic E-state index is 5.40. The van der Waals surface area contributed by atoms with Crippen LogP contribution in [0.25, 0.3) is 11.5 Å². The molecule has 2 atom stereocenters. The SMILES string of the molecule is COc1cc(-c2noc(CC3CC4CCC(C3)N4)n2)ncn1. The number of fused-ring (bicyclic) bond motifs is 2. The Morgan fingerprint density at radius 3 is 2.86 bits per heavy atom. The number of nitrogens with zero attached hydrogens (tertiary/aromatic N) is 4. The molecule has 0 aromatic carbocycles. The van der Waals surface area contributed by atoms with Gasteiger partial charge in [0.2, 0.25) is 17.6 Å². The highest BCUT2D eigenvalue weighted by Gasteiger charge is 2.34. The van der Waals surface area contributed by atoms with Crippen molar-refractivity contribution in [3.8, 4) is 17.4 Å². The number of nitrogens with one attached hydrogen (secondary N) is 1. The monoisotopic (exact) mass is 301 g/mol. The molecule has 2 aliphatic heterocycles. The van der Waals surface area contributed by atoms with Crippen molar-refractivity contribution in [2.24, 2.45) is 5.92 Å². The predicted octanol–water partition coefficient (Wildman–Crippen LogP) is 1.61. The average molecular weight is 301 g/mol. The summed E-state index contributed by atoms with van der Waals surface area (Å²) >= 11 is 0. The number of aromatic nitrogens is 4. The molecule has 0 amide bonds. The summed E-state index contributed by atoms with van der Waals surface area (Å²) in [6.45, 7) is 0. The van der Waals surface area contributed by atoms with Gasteiger partial charge in [0.05, 0.1) is 7.11 Å². The number of methoxy groups -OCH3 is 1. The Morgan fingerprint density at radius 2 is 2.09 bits per heavy atom. The molecule has 2 aliphatic rings. The quantitative estimate of drug-likeness (QED) is 0.918. The van der Waals surface area contributed by atoms with Crippen LogP contribution < -0.4 is 10.1 Å². The molecule has 2 fully saturated rings. The third-order valence-corrected chi connectivity index (χ3v) is 4.58. The summed E-state index contributed by atoms with van der Waals surface area (Å²) in [7, 11) is 1.57. The summed E-state index contributed by atoms with van der Waals surface area (Å²) in [5, 5.41) is 7.69. The van der Waals surface area contributed by atoms with Gasteiger partial charge in [0.1, 0.15) is 12.0 Å². The standard InChI is InChI=1S/C15H19N5O2/c1-21-13-7-12(16-8-17-13)15-19-14(22-20-15)6-9-4-10-2-3-11(5-9)18-10/h7-11,18H,2-6H2,1H3. The Hall–Kier alpha value is -2.02. The number of rotatable bonds is 4. The van der Waals surface area contributed by atoms with E-state index in [1.54, 1.807) is 13.2 Å². The second-order valence-corrected chi connectivity index (χ2v) is 6.14. The van der Waals surface area contributed by atoms with Crippen molar-refractivity contribution in [1.82, 2.24) is 25.4 Å². The lowest BCUT2D eigenvalue weighted by molar-refractivity contribution is 0.270. The van der Waals surface area contributed by atoms with Gasteiger partial charge in [-0.05, 0) is 31.6 Å². The van der Waals surface area contributed by atoms with Crippen LogP contribution in [0.15, 0.2) is 16.9 Å². The molecule has 116 valence electrons. The van der Waals surface area contributed by atoms with Crippen molar-refractivity contribution in [2.75, 3.05) is 7.11 Å². The minimum absolute atomic E-state index is 0.492. The van der Waals surface area contributed by atoms with Crippen LogP contribution in [0.2, 0.25) is 0 Å². The molecule has 22 heavy (non-hydrogen) atoms. The third-order valence-electron chi connectivity index (χ3n) is 4.58. The molecular formula is C15H19N5O2. The van der Waals surface area contributed by atoms with Gasteiger partial charge in [-0.2, -0.15) is 4.98 Å². The first kappa shape index (κ1) is 13.6. The lowest BCUT2D eigenvalue weighted by atomic mass is 9.90. The zero-order valence-corrected chi connectivity index (χ0v) is 12.5. The van der Waals surface area contributed by atoms with Crippen LogP contribution in [0.1, 0.15) is 31.6 Å². The maximum atomic E-state index is 5.40. The van der Waals surface area contributed by atoms with E-state index >= 15 is 0 Å². The molecule has 2 saturated heterocycles. The van der Waals surface area contributed by atoms with E-state index in [-0.39, 0.29) is 0 Å². The largest absolute Gasteiger partial charge is 0.481 e.